The second-order valence-electron chi connectivity index (χ2n) is 9.54. The number of aromatic carboxylic acids is 1. The number of aromatic nitrogens is 4. The number of rotatable bonds is 5. The van der Waals surface area contributed by atoms with Crippen LogP contribution < -0.4 is 4.74 Å². The zero-order chi connectivity index (χ0) is 26.6. The number of aryl methyl sites for hydroxylation is 3. The van der Waals surface area contributed by atoms with Crippen molar-refractivity contribution in [3.63, 3.8) is 0 Å². The van der Waals surface area contributed by atoms with Crippen LogP contribution in [0.1, 0.15) is 47.0 Å². The van der Waals surface area contributed by atoms with E-state index in [-0.39, 0.29) is 5.56 Å². The Bertz CT molecular complexity index is 1750. The fourth-order valence-corrected chi connectivity index (χ4v) is 4.68. The molecular weight excluding hydrogens is 470 g/mol. The molecule has 0 spiro atoms. The Labute approximate surface area is 212 Å². The van der Waals surface area contributed by atoms with Crippen molar-refractivity contribution in [2.45, 2.75) is 40.2 Å². The lowest BCUT2D eigenvalue weighted by atomic mass is 9.90. The minimum Gasteiger partial charge on any atom is -0.496 e. The van der Waals surface area contributed by atoms with Gasteiger partial charge >= 0.3 is 5.97 Å². The number of carbonyl (C=O) groups is 1. The number of hydrogen-bond acceptors (Lipinski definition) is 6. The van der Waals surface area contributed by atoms with Crippen LogP contribution in [0.5, 0.6) is 5.75 Å². The largest absolute Gasteiger partial charge is 0.496 e. The predicted octanol–water partition coefficient (Wildman–Crippen LogP) is 6.22. The molecule has 0 aliphatic rings. The lowest BCUT2D eigenvalue weighted by Crippen LogP contribution is -2.13. The number of carboxylic acid groups (broad SMARTS) is 1. The smallest absolute Gasteiger partial charge is 0.335 e. The molecule has 2 N–H and O–H groups in total. The number of nitrogens with zero attached hydrogens (tertiary/aromatic N) is 4. The molecule has 2 aromatic carbocycles. The Morgan fingerprint density at radius 1 is 1.14 bits per heavy atom. The van der Waals surface area contributed by atoms with Gasteiger partial charge < -0.3 is 24.2 Å². The van der Waals surface area contributed by atoms with Crippen LogP contribution in [0.3, 0.4) is 0 Å². The van der Waals surface area contributed by atoms with Crippen LogP contribution in [0.4, 0.5) is 0 Å². The first-order valence-corrected chi connectivity index (χ1v) is 11.6. The van der Waals surface area contributed by atoms with E-state index in [1.807, 2.05) is 32.0 Å². The molecule has 37 heavy (non-hydrogen) atoms. The van der Waals surface area contributed by atoms with Crippen molar-refractivity contribution in [1.82, 2.24) is 20.1 Å². The van der Waals surface area contributed by atoms with E-state index in [1.54, 1.807) is 40.0 Å². The summed E-state index contributed by atoms with van der Waals surface area (Å²) in [5.74, 6) is 0.765. The molecule has 5 aromatic rings. The third-order valence-corrected chi connectivity index (χ3v) is 6.62. The van der Waals surface area contributed by atoms with E-state index in [4.69, 9.17) is 20.8 Å². The Kier molecular flexibility index (Phi) is 5.48. The number of hydrogen-bond donors (Lipinski definition) is 2. The van der Waals surface area contributed by atoms with Crippen LogP contribution in [0, 0.1) is 27.3 Å². The van der Waals surface area contributed by atoms with Crippen LogP contribution in [0.15, 0.2) is 34.9 Å². The Hall–Kier alpha value is -4.71. The summed E-state index contributed by atoms with van der Waals surface area (Å²) in [6.07, 6.45) is 0. The Balaban J connectivity index is 1.85. The van der Waals surface area contributed by atoms with Gasteiger partial charge in [0.1, 0.15) is 23.0 Å². The predicted molar refractivity (Wildman–Crippen MR) is 140 cm³/mol. The van der Waals surface area contributed by atoms with Gasteiger partial charge in [-0.05, 0) is 51.1 Å². The zero-order valence-corrected chi connectivity index (χ0v) is 21.3. The molecule has 0 saturated heterocycles. The quantitative estimate of drug-likeness (QED) is 0.278. The van der Waals surface area contributed by atoms with Crippen LogP contribution in [0.2, 0.25) is 0 Å². The number of carboxylic acids is 1. The standard InChI is InChI=1S/C28H25N5O4/c1-13-23(14(2)37-33-13)20-11-21-19(12-22(20)36-7)24-25(30-15(3)31-26(24)32-21)16-8-17(27(34)35)10-18(9-16)28(4,5)29-6/h8-12H,1-5,7H3,(H,34,35)(H,30,31,32). The third-order valence-electron chi connectivity index (χ3n) is 6.62. The highest BCUT2D eigenvalue weighted by molar-refractivity contribution is 6.13. The fraction of sp³-hybridized carbons (Fsp3) is 0.250. The third kappa shape index (κ3) is 3.87. The maximum Gasteiger partial charge on any atom is 0.335 e. The van der Waals surface area contributed by atoms with Crippen molar-refractivity contribution in [2.75, 3.05) is 7.11 Å². The molecule has 0 aliphatic heterocycles. The number of fused-ring (bicyclic) bond motifs is 3. The molecule has 5 rings (SSSR count). The molecule has 0 radical (unpaired) electrons. The number of aromatic amines is 1. The Morgan fingerprint density at radius 3 is 2.51 bits per heavy atom. The number of nitrogens with one attached hydrogen (secondary N) is 1. The maximum atomic E-state index is 12.0. The van der Waals surface area contributed by atoms with Crippen molar-refractivity contribution in [3.05, 3.63) is 70.2 Å². The SMILES string of the molecule is [C-]#[N+]C(C)(C)c1cc(C(=O)O)cc(-c2nc(C)nc3[nH]c4cc(-c5c(C)noc5C)c(OC)cc4c23)c1. The maximum absolute atomic E-state index is 12.0. The van der Waals surface area contributed by atoms with Gasteiger partial charge in [0.15, 0.2) is 0 Å². The minimum absolute atomic E-state index is 0.0896. The van der Waals surface area contributed by atoms with E-state index < -0.39 is 11.5 Å². The van der Waals surface area contributed by atoms with Crippen molar-refractivity contribution < 1.29 is 19.2 Å². The number of benzene rings is 2. The first-order chi connectivity index (χ1) is 17.5. The lowest BCUT2D eigenvalue weighted by molar-refractivity contribution is 0.0696. The van der Waals surface area contributed by atoms with Gasteiger partial charge in [-0.15, -0.1) is 0 Å². The van der Waals surface area contributed by atoms with Gasteiger partial charge in [0, 0.05) is 41.4 Å². The summed E-state index contributed by atoms with van der Waals surface area (Å²) in [6.45, 7) is 16.7. The van der Waals surface area contributed by atoms with Gasteiger partial charge in [0.25, 0.3) is 5.54 Å². The minimum atomic E-state index is -1.07. The van der Waals surface area contributed by atoms with Gasteiger partial charge in [0.2, 0.25) is 0 Å². The van der Waals surface area contributed by atoms with Gasteiger partial charge in [-0.25, -0.2) is 21.3 Å². The van der Waals surface area contributed by atoms with Crippen molar-refractivity contribution >= 4 is 27.9 Å². The van der Waals surface area contributed by atoms with E-state index in [2.05, 4.69) is 20.0 Å². The second-order valence-corrected chi connectivity index (χ2v) is 9.54. The molecule has 0 unspecified atom stereocenters. The van der Waals surface area contributed by atoms with Crippen LogP contribution >= 0.6 is 0 Å². The normalized spacial score (nSPS) is 11.7. The monoisotopic (exact) mass is 495 g/mol. The molecule has 0 amide bonds. The summed E-state index contributed by atoms with van der Waals surface area (Å²) >= 11 is 0. The summed E-state index contributed by atoms with van der Waals surface area (Å²) < 4.78 is 11.2. The molecule has 0 saturated carbocycles. The summed E-state index contributed by atoms with van der Waals surface area (Å²) in [6, 6.07) is 8.86. The van der Waals surface area contributed by atoms with Gasteiger partial charge in [-0.1, -0.05) is 5.16 Å². The Morgan fingerprint density at radius 2 is 1.89 bits per heavy atom. The molecule has 0 aliphatic carbocycles. The van der Waals surface area contributed by atoms with E-state index in [9.17, 15) is 9.90 Å². The first-order valence-electron chi connectivity index (χ1n) is 11.6. The average molecular weight is 496 g/mol. The first kappa shape index (κ1) is 24.0. The van der Waals surface area contributed by atoms with Gasteiger partial charge in [0.05, 0.1) is 35.0 Å². The molecule has 3 aromatic heterocycles. The molecule has 3 heterocycles. The highest BCUT2D eigenvalue weighted by atomic mass is 16.5. The van der Waals surface area contributed by atoms with Gasteiger partial charge in [-0.3, -0.25) is 0 Å². The summed E-state index contributed by atoms with van der Waals surface area (Å²) in [5.41, 5.74) is 4.81. The number of methoxy groups -OCH3 is 1. The van der Waals surface area contributed by atoms with E-state index >= 15 is 0 Å². The zero-order valence-electron chi connectivity index (χ0n) is 21.3. The lowest BCUT2D eigenvalue weighted by Gasteiger charge is -2.15. The number of ether oxygens (including phenoxy) is 1. The van der Waals surface area contributed by atoms with Crippen molar-refractivity contribution in [3.8, 4) is 28.1 Å². The molecule has 0 bridgehead atoms. The summed E-state index contributed by atoms with van der Waals surface area (Å²) in [7, 11) is 1.61. The van der Waals surface area contributed by atoms with Crippen LogP contribution in [-0.4, -0.2) is 38.3 Å². The summed E-state index contributed by atoms with van der Waals surface area (Å²) in [4.78, 5) is 28.4. The van der Waals surface area contributed by atoms with E-state index in [0.717, 1.165) is 33.1 Å². The van der Waals surface area contributed by atoms with Crippen LogP contribution in [0.25, 0.3) is 49.2 Å². The van der Waals surface area contributed by atoms with Crippen molar-refractivity contribution in [2.24, 2.45) is 0 Å². The average Bonchev–Trinajstić information content (AvgIpc) is 3.39. The molecule has 9 nitrogen and oxygen atoms in total. The van der Waals surface area contributed by atoms with Crippen LogP contribution in [-0.2, 0) is 5.54 Å². The second kappa shape index (κ2) is 8.45. The number of H-pyrrole nitrogens is 1. The molecule has 0 fully saturated rings. The summed E-state index contributed by atoms with van der Waals surface area (Å²) in [5, 5.41) is 15.4. The van der Waals surface area contributed by atoms with Gasteiger partial charge in [-0.2, -0.15) is 0 Å². The van der Waals surface area contributed by atoms with Crippen molar-refractivity contribution in [1.29, 1.82) is 0 Å². The highest BCUT2D eigenvalue weighted by Gasteiger charge is 2.29. The molecule has 0 atom stereocenters. The molecule has 9 heteroatoms. The molecular formula is C28H25N5O4. The van der Waals surface area contributed by atoms with E-state index in [1.165, 1.54) is 0 Å². The van der Waals surface area contributed by atoms with E-state index in [0.29, 0.717) is 39.8 Å². The fourth-order valence-electron chi connectivity index (χ4n) is 4.68. The highest BCUT2D eigenvalue weighted by Crippen LogP contribution is 2.42. The topological polar surface area (TPSA) is 118 Å². The molecule has 186 valence electrons.